The monoisotopic (exact) mass is 211 g/mol. The van der Waals surface area contributed by atoms with Gasteiger partial charge in [-0.2, -0.15) is 0 Å². The van der Waals surface area contributed by atoms with E-state index in [1.54, 1.807) is 6.08 Å². The number of nitrogens with zero attached hydrogens (tertiary/aromatic N) is 1. The van der Waals surface area contributed by atoms with Gasteiger partial charge in [-0.25, -0.2) is 0 Å². The molecule has 1 N–H and O–H groups in total. The van der Waals surface area contributed by atoms with Gasteiger partial charge in [0.1, 0.15) is 0 Å². The van der Waals surface area contributed by atoms with E-state index in [0.717, 1.165) is 6.42 Å². The quantitative estimate of drug-likeness (QED) is 0.245. The molecule has 0 aromatic carbocycles. The summed E-state index contributed by atoms with van der Waals surface area (Å²) >= 11 is 0. The van der Waals surface area contributed by atoms with Crippen LogP contribution in [0, 0.1) is 0 Å². The second-order valence-electron chi connectivity index (χ2n) is 4.05. The van der Waals surface area contributed by atoms with Crippen LogP contribution in [0.15, 0.2) is 11.2 Å². The molecule has 0 atom stereocenters. The normalized spacial score (nSPS) is 9.67. The Hall–Kier alpha value is -0.750. The molecule has 15 heavy (non-hydrogen) atoms. The Labute approximate surface area is 94.1 Å². The van der Waals surface area contributed by atoms with Crippen LogP contribution in [0.1, 0.15) is 71.1 Å². The lowest BCUT2D eigenvalue weighted by Crippen LogP contribution is -1.80. The minimum Gasteiger partial charge on any atom is -0.404 e. The van der Waals surface area contributed by atoms with Crippen molar-refractivity contribution in [3.8, 4) is 0 Å². The molecular weight excluding hydrogens is 186 g/mol. The van der Waals surface area contributed by atoms with Crippen molar-refractivity contribution >= 4 is 5.87 Å². The molecule has 88 valence electrons. The number of hydrogen-bond donors (Lipinski definition) is 1. The predicted molar refractivity (Wildman–Crippen MR) is 65.6 cm³/mol. The van der Waals surface area contributed by atoms with Gasteiger partial charge in [0.2, 0.25) is 0 Å². The summed E-state index contributed by atoms with van der Waals surface area (Å²) in [6, 6.07) is 0. The van der Waals surface area contributed by atoms with Gasteiger partial charge in [-0.1, -0.05) is 58.3 Å². The van der Waals surface area contributed by atoms with Gasteiger partial charge >= 0.3 is 0 Å². The average Bonchev–Trinajstić information content (AvgIpc) is 2.26. The minimum absolute atomic E-state index is 0.986. The molecule has 0 amide bonds. The van der Waals surface area contributed by atoms with Gasteiger partial charge < -0.3 is 5.21 Å². The zero-order chi connectivity index (χ0) is 11.2. The summed E-state index contributed by atoms with van der Waals surface area (Å²) in [5.41, 5.74) is 0. The zero-order valence-electron chi connectivity index (χ0n) is 10.0. The molecular formula is C13H25NO. The van der Waals surface area contributed by atoms with Crippen LogP contribution in [0.4, 0.5) is 0 Å². The van der Waals surface area contributed by atoms with Gasteiger partial charge in [0.05, 0.1) is 0 Å². The molecule has 0 rings (SSSR count). The first-order valence-electron chi connectivity index (χ1n) is 6.33. The Kier molecular flexibility index (Phi) is 12.6. The number of allylic oxidation sites excluding steroid dienone is 1. The van der Waals surface area contributed by atoms with Crippen LogP contribution >= 0.6 is 0 Å². The molecule has 0 aromatic heterocycles. The highest BCUT2D eigenvalue weighted by Gasteiger charge is 1.90. The molecule has 2 nitrogen and oxygen atoms in total. The lowest BCUT2D eigenvalue weighted by atomic mass is 10.1. The molecule has 0 fully saturated rings. The van der Waals surface area contributed by atoms with Crippen molar-refractivity contribution in [3.63, 3.8) is 0 Å². The fourth-order valence-electron chi connectivity index (χ4n) is 1.66. The summed E-state index contributed by atoms with van der Waals surface area (Å²) in [5, 5.41) is 10.9. The number of unbranched alkanes of at least 4 members (excludes halogenated alkanes) is 9. The topological polar surface area (TPSA) is 32.6 Å². The van der Waals surface area contributed by atoms with Gasteiger partial charge in [0.25, 0.3) is 0 Å². The molecule has 0 unspecified atom stereocenters. The Balaban J connectivity index is 2.95. The molecule has 0 saturated heterocycles. The van der Waals surface area contributed by atoms with Crippen molar-refractivity contribution in [2.45, 2.75) is 71.1 Å². The van der Waals surface area contributed by atoms with Crippen molar-refractivity contribution in [3.05, 3.63) is 6.08 Å². The molecule has 0 aliphatic rings. The van der Waals surface area contributed by atoms with Crippen molar-refractivity contribution in [2.24, 2.45) is 5.16 Å². The lowest BCUT2D eigenvalue weighted by molar-refractivity contribution is 0.322. The smallest absolute Gasteiger partial charge is 0.0239 e. The number of rotatable bonds is 10. The SMILES string of the molecule is CCCCCCCCCCCC=C=NO. The third-order valence-electron chi connectivity index (χ3n) is 2.60. The van der Waals surface area contributed by atoms with Gasteiger partial charge in [-0.3, -0.25) is 0 Å². The fourth-order valence-corrected chi connectivity index (χ4v) is 1.66. The second-order valence-corrected chi connectivity index (χ2v) is 4.05. The summed E-state index contributed by atoms with van der Waals surface area (Å²) in [6.45, 7) is 2.25. The van der Waals surface area contributed by atoms with E-state index in [1.807, 2.05) is 0 Å². The second kappa shape index (κ2) is 13.2. The molecule has 0 aromatic rings. The van der Waals surface area contributed by atoms with E-state index < -0.39 is 0 Å². The van der Waals surface area contributed by atoms with E-state index in [9.17, 15) is 0 Å². The van der Waals surface area contributed by atoms with Crippen molar-refractivity contribution in [1.29, 1.82) is 0 Å². The maximum atomic E-state index is 8.09. The number of hydrogen-bond acceptors (Lipinski definition) is 2. The summed E-state index contributed by atoms with van der Waals surface area (Å²) < 4.78 is 0. The van der Waals surface area contributed by atoms with E-state index in [0.29, 0.717) is 0 Å². The van der Waals surface area contributed by atoms with Crippen LogP contribution < -0.4 is 0 Å². The van der Waals surface area contributed by atoms with Gasteiger partial charge in [0, 0.05) is 5.87 Å². The first kappa shape index (κ1) is 14.2. The lowest BCUT2D eigenvalue weighted by Gasteiger charge is -2.00. The molecule has 0 saturated carbocycles. The Morgan fingerprint density at radius 2 is 1.47 bits per heavy atom. The van der Waals surface area contributed by atoms with Crippen LogP contribution in [0.5, 0.6) is 0 Å². The Bertz CT molecular complexity index is 171. The largest absolute Gasteiger partial charge is 0.404 e. The highest BCUT2D eigenvalue weighted by molar-refractivity contribution is 5.50. The third kappa shape index (κ3) is 13.2. The van der Waals surface area contributed by atoms with Gasteiger partial charge in [-0.05, 0) is 24.1 Å². The van der Waals surface area contributed by atoms with E-state index in [1.165, 1.54) is 57.8 Å². The molecule has 0 radical (unpaired) electrons. The maximum Gasteiger partial charge on any atom is 0.0239 e. The van der Waals surface area contributed by atoms with Crippen molar-refractivity contribution in [2.75, 3.05) is 0 Å². The standard InChI is InChI=1S/C13H25NO/c1-2-3-4-5-6-7-8-9-10-11-12-13-14-15/h12,15H,2-11H2,1H3. The third-order valence-corrected chi connectivity index (χ3v) is 2.60. The summed E-state index contributed by atoms with van der Waals surface area (Å²) in [7, 11) is 0. The minimum atomic E-state index is 0.986. The molecule has 0 aliphatic carbocycles. The molecule has 0 heterocycles. The van der Waals surface area contributed by atoms with Crippen molar-refractivity contribution in [1.82, 2.24) is 0 Å². The maximum absolute atomic E-state index is 8.09. The van der Waals surface area contributed by atoms with Crippen LogP contribution in [0.3, 0.4) is 0 Å². The average molecular weight is 211 g/mol. The molecule has 2 heteroatoms. The summed E-state index contributed by atoms with van der Waals surface area (Å²) in [6.07, 6.45) is 14.9. The molecule has 0 bridgehead atoms. The fraction of sp³-hybridized carbons (Fsp3) is 0.846. The van der Waals surface area contributed by atoms with E-state index in [4.69, 9.17) is 5.21 Å². The predicted octanol–water partition coefficient (Wildman–Crippen LogP) is 4.52. The van der Waals surface area contributed by atoms with E-state index >= 15 is 0 Å². The molecule has 0 aliphatic heterocycles. The highest BCUT2D eigenvalue weighted by Crippen LogP contribution is 2.10. The Morgan fingerprint density at radius 1 is 0.933 bits per heavy atom. The zero-order valence-corrected chi connectivity index (χ0v) is 10.0. The van der Waals surface area contributed by atoms with Gasteiger partial charge in [0.15, 0.2) is 0 Å². The first-order valence-corrected chi connectivity index (χ1v) is 6.33. The first-order chi connectivity index (χ1) is 7.41. The van der Waals surface area contributed by atoms with Crippen LogP contribution in [0.25, 0.3) is 0 Å². The van der Waals surface area contributed by atoms with E-state index in [2.05, 4.69) is 17.9 Å². The van der Waals surface area contributed by atoms with E-state index in [-0.39, 0.29) is 0 Å². The summed E-state index contributed by atoms with van der Waals surface area (Å²) in [5.74, 6) is 2.43. The summed E-state index contributed by atoms with van der Waals surface area (Å²) in [4.78, 5) is 0. The Morgan fingerprint density at radius 3 is 2.00 bits per heavy atom. The van der Waals surface area contributed by atoms with Crippen LogP contribution in [-0.2, 0) is 0 Å². The van der Waals surface area contributed by atoms with Crippen molar-refractivity contribution < 1.29 is 5.21 Å². The highest BCUT2D eigenvalue weighted by atomic mass is 16.4. The molecule has 0 spiro atoms. The van der Waals surface area contributed by atoms with Crippen LogP contribution in [0.2, 0.25) is 0 Å². The van der Waals surface area contributed by atoms with Crippen LogP contribution in [-0.4, -0.2) is 11.1 Å². The van der Waals surface area contributed by atoms with Gasteiger partial charge in [-0.15, -0.1) is 0 Å².